The van der Waals surface area contributed by atoms with Gasteiger partial charge in [-0.1, -0.05) is 0 Å². The van der Waals surface area contributed by atoms with E-state index in [0.717, 1.165) is 41.1 Å². The number of rotatable bonds is 7. The molecule has 8 heteroatoms. The molecule has 0 unspecified atom stereocenters. The number of halogens is 1. The van der Waals surface area contributed by atoms with Gasteiger partial charge in [0, 0.05) is 30.5 Å². The standard InChI is InChI=1S/C17H23BrN4O2S/c1-11-16(18)12(2)22(21-11)9-5-8-19-17(25)20-13-6-7-14(23-3)15(10-13)24-4/h6-7,10H,5,8-9H2,1-4H3,(H2,19,20,25). The zero-order chi connectivity index (χ0) is 18.4. The van der Waals surface area contributed by atoms with Gasteiger partial charge in [0.15, 0.2) is 16.6 Å². The van der Waals surface area contributed by atoms with Crippen LogP contribution in [0.5, 0.6) is 11.5 Å². The number of methoxy groups -OCH3 is 2. The van der Waals surface area contributed by atoms with Crippen molar-refractivity contribution in [3.05, 3.63) is 34.1 Å². The van der Waals surface area contributed by atoms with E-state index in [1.807, 2.05) is 29.8 Å². The third-order valence-corrected chi connectivity index (χ3v) is 5.16. The van der Waals surface area contributed by atoms with E-state index in [-0.39, 0.29) is 0 Å². The van der Waals surface area contributed by atoms with Crippen LogP contribution in [0.2, 0.25) is 0 Å². The fourth-order valence-electron chi connectivity index (χ4n) is 2.41. The van der Waals surface area contributed by atoms with Gasteiger partial charge in [0.25, 0.3) is 0 Å². The minimum atomic E-state index is 0.571. The van der Waals surface area contributed by atoms with Gasteiger partial charge in [-0.25, -0.2) is 0 Å². The van der Waals surface area contributed by atoms with Gasteiger partial charge in [0.2, 0.25) is 0 Å². The SMILES string of the molecule is COc1ccc(NC(=S)NCCCn2nc(C)c(Br)c2C)cc1OC. The Balaban J connectivity index is 1.80. The highest BCUT2D eigenvalue weighted by atomic mass is 79.9. The Hall–Kier alpha value is -1.80. The summed E-state index contributed by atoms with van der Waals surface area (Å²) in [5.41, 5.74) is 3.00. The van der Waals surface area contributed by atoms with E-state index >= 15 is 0 Å². The molecular weight excluding hydrogens is 404 g/mol. The lowest BCUT2D eigenvalue weighted by Gasteiger charge is -2.13. The molecule has 0 aliphatic carbocycles. The van der Waals surface area contributed by atoms with E-state index in [0.29, 0.717) is 16.6 Å². The maximum absolute atomic E-state index is 5.33. The Morgan fingerprint density at radius 2 is 1.96 bits per heavy atom. The highest BCUT2D eigenvalue weighted by Crippen LogP contribution is 2.29. The van der Waals surface area contributed by atoms with Crippen LogP contribution in [-0.4, -0.2) is 35.7 Å². The molecule has 0 saturated carbocycles. The number of nitrogens with zero attached hydrogens (tertiary/aromatic N) is 2. The minimum absolute atomic E-state index is 0.571. The molecule has 25 heavy (non-hydrogen) atoms. The lowest BCUT2D eigenvalue weighted by molar-refractivity contribution is 0.355. The van der Waals surface area contributed by atoms with Crippen molar-refractivity contribution in [3.8, 4) is 11.5 Å². The van der Waals surface area contributed by atoms with Crippen molar-refractivity contribution < 1.29 is 9.47 Å². The number of aryl methyl sites for hydroxylation is 2. The van der Waals surface area contributed by atoms with Crippen molar-refractivity contribution in [1.82, 2.24) is 15.1 Å². The van der Waals surface area contributed by atoms with Crippen LogP contribution in [0.25, 0.3) is 0 Å². The van der Waals surface area contributed by atoms with E-state index in [9.17, 15) is 0 Å². The molecule has 136 valence electrons. The van der Waals surface area contributed by atoms with E-state index in [1.54, 1.807) is 14.2 Å². The topological polar surface area (TPSA) is 60.3 Å². The predicted molar refractivity (Wildman–Crippen MR) is 108 cm³/mol. The van der Waals surface area contributed by atoms with Gasteiger partial charge in [0.05, 0.1) is 24.4 Å². The molecule has 1 heterocycles. The summed E-state index contributed by atoms with van der Waals surface area (Å²) < 4.78 is 13.6. The second-order valence-electron chi connectivity index (χ2n) is 5.51. The van der Waals surface area contributed by atoms with Crippen LogP contribution in [0.4, 0.5) is 5.69 Å². The summed E-state index contributed by atoms with van der Waals surface area (Å²) >= 11 is 8.88. The molecule has 0 spiro atoms. The fourth-order valence-corrected chi connectivity index (χ4v) is 2.92. The van der Waals surface area contributed by atoms with Gasteiger partial charge in [-0.05, 0) is 60.5 Å². The summed E-state index contributed by atoms with van der Waals surface area (Å²) in [5, 5.41) is 11.4. The summed E-state index contributed by atoms with van der Waals surface area (Å²) in [5.74, 6) is 1.34. The number of aromatic nitrogens is 2. The van der Waals surface area contributed by atoms with Crippen LogP contribution in [0.15, 0.2) is 22.7 Å². The fraction of sp³-hybridized carbons (Fsp3) is 0.412. The van der Waals surface area contributed by atoms with Gasteiger partial charge in [-0.2, -0.15) is 5.10 Å². The maximum Gasteiger partial charge on any atom is 0.170 e. The van der Waals surface area contributed by atoms with Gasteiger partial charge < -0.3 is 20.1 Å². The molecule has 1 aromatic heterocycles. The van der Waals surface area contributed by atoms with Crippen LogP contribution in [0, 0.1) is 13.8 Å². The second kappa shape index (κ2) is 9.05. The van der Waals surface area contributed by atoms with Crippen molar-refractivity contribution in [2.45, 2.75) is 26.8 Å². The number of anilines is 1. The molecule has 2 rings (SSSR count). The van der Waals surface area contributed by atoms with Crippen molar-refractivity contribution in [2.75, 3.05) is 26.1 Å². The molecule has 0 saturated heterocycles. The Kier molecular flexibility index (Phi) is 7.07. The summed E-state index contributed by atoms with van der Waals surface area (Å²) in [6.07, 6.45) is 0.919. The zero-order valence-corrected chi connectivity index (χ0v) is 17.3. The first kappa shape index (κ1) is 19.5. The first-order chi connectivity index (χ1) is 12.0. The second-order valence-corrected chi connectivity index (χ2v) is 6.71. The summed E-state index contributed by atoms with van der Waals surface area (Å²) in [6, 6.07) is 5.58. The molecule has 0 radical (unpaired) electrons. The maximum atomic E-state index is 5.33. The Morgan fingerprint density at radius 3 is 2.56 bits per heavy atom. The van der Waals surface area contributed by atoms with Crippen molar-refractivity contribution in [1.29, 1.82) is 0 Å². The zero-order valence-electron chi connectivity index (χ0n) is 14.9. The molecule has 0 amide bonds. The minimum Gasteiger partial charge on any atom is -0.493 e. The number of ether oxygens (including phenoxy) is 2. The van der Waals surface area contributed by atoms with Gasteiger partial charge in [-0.3, -0.25) is 4.68 Å². The van der Waals surface area contributed by atoms with Crippen LogP contribution in [-0.2, 0) is 6.54 Å². The Bertz CT molecular complexity index is 748. The van der Waals surface area contributed by atoms with Gasteiger partial charge in [-0.15, -0.1) is 0 Å². The molecule has 0 aliphatic heterocycles. The van der Waals surface area contributed by atoms with Crippen LogP contribution >= 0.6 is 28.1 Å². The molecule has 2 aromatic rings. The lowest BCUT2D eigenvalue weighted by atomic mass is 10.3. The van der Waals surface area contributed by atoms with Crippen LogP contribution in [0.3, 0.4) is 0 Å². The summed E-state index contributed by atoms with van der Waals surface area (Å²) in [7, 11) is 3.22. The number of benzene rings is 1. The number of hydrogen-bond acceptors (Lipinski definition) is 4. The summed E-state index contributed by atoms with van der Waals surface area (Å²) in [4.78, 5) is 0. The van der Waals surface area contributed by atoms with Gasteiger partial charge >= 0.3 is 0 Å². The highest BCUT2D eigenvalue weighted by Gasteiger charge is 2.08. The monoisotopic (exact) mass is 426 g/mol. The molecular formula is C17H23BrN4O2S. The van der Waals surface area contributed by atoms with Crippen molar-refractivity contribution in [2.24, 2.45) is 0 Å². The number of nitrogens with one attached hydrogen (secondary N) is 2. The van der Waals surface area contributed by atoms with E-state index in [1.165, 1.54) is 0 Å². The number of hydrogen-bond donors (Lipinski definition) is 2. The van der Waals surface area contributed by atoms with E-state index in [2.05, 4.69) is 38.6 Å². The van der Waals surface area contributed by atoms with Crippen LogP contribution in [0.1, 0.15) is 17.8 Å². The molecule has 6 nitrogen and oxygen atoms in total. The number of thiocarbonyl (C=S) groups is 1. The quantitative estimate of drug-likeness (QED) is 0.520. The Morgan fingerprint density at radius 1 is 1.24 bits per heavy atom. The lowest BCUT2D eigenvalue weighted by Crippen LogP contribution is -2.29. The highest BCUT2D eigenvalue weighted by molar-refractivity contribution is 9.10. The third kappa shape index (κ3) is 5.09. The normalized spacial score (nSPS) is 10.4. The average molecular weight is 427 g/mol. The average Bonchev–Trinajstić information content (AvgIpc) is 2.85. The predicted octanol–water partition coefficient (Wildman–Crippen LogP) is 3.66. The van der Waals surface area contributed by atoms with Crippen molar-refractivity contribution in [3.63, 3.8) is 0 Å². The first-order valence-electron chi connectivity index (χ1n) is 7.92. The molecule has 2 N–H and O–H groups in total. The molecule has 0 fully saturated rings. The molecule has 0 aliphatic rings. The smallest absolute Gasteiger partial charge is 0.170 e. The third-order valence-electron chi connectivity index (χ3n) is 3.77. The Labute approximate surface area is 162 Å². The van der Waals surface area contributed by atoms with E-state index < -0.39 is 0 Å². The van der Waals surface area contributed by atoms with E-state index in [4.69, 9.17) is 21.7 Å². The van der Waals surface area contributed by atoms with Crippen molar-refractivity contribution >= 4 is 38.9 Å². The van der Waals surface area contributed by atoms with Gasteiger partial charge in [0.1, 0.15) is 0 Å². The molecule has 0 atom stereocenters. The summed E-state index contributed by atoms with van der Waals surface area (Å²) in [6.45, 7) is 5.65. The molecule has 1 aromatic carbocycles. The first-order valence-corrected chi connectivity index (χ1v) is 9.12. The largest absolute Gasteiger partial charge is 0.493 e. The molecule has 0 bridgehead atoms. The van der Waals surface area contributed by atoms with Crippen LogP contribution < -0.4 is 20.1 Å².